The SMILES string of the molecule is COc1ccc(S(=O)(=O)N2CCCC2)cc1NC(=O)CN(c1cccc(C(F)(F)F)c1)S(=O)(=O)c1ccc(OC)c(OC)c1. The number of ether oxygens (including phenoxy) is 3. The number of methoxy groups -OCH3 is 3. The molecule has 11 nitrogen and oxygen atoms in total. The van der Waals surface area contributed by atoms with Crippen LogP contribution < -0.4 is 23.8 Å². The Morgan fingerprint density at radius 2 is 1.45 bits per heavy atom. The van der Waals surface area contributed by atoms with Gasteiger partial charge in [0.15, 0.2) is 11.5 Å². The molecule has 0 aromatic heterocycles. The molecule has 16 heteroatoms. The minimum atomic E-state index is -4.80. The summed E-state index contributed by atoms with van der Waals surface area (Å²) in [5, 5.41) is 2.45. The zero-order valence-electron chi connectivity index (χ0n) is 23.9. The van der Waals surface area contributed by atoms with E-state index in [0.29, 0.717) is 36.3 Å². The number of anilines is 2. The molecule has 1 heterocycles. The lowest BCUT2D eigenvalue weighted by Crippen LogP contribution is -2.38. The molecular formula is C28H30F3N3O8S2. The second-order valence-electron chi connectivity index (χ2n) is 9.60. The first-order chi connectivity index (χ1) is 20.7. The van der Waals surface area contributed by atoms with Crippen LogP contribution in [0.4, 0.5) is 24.5 Å². The Bertz CT molecular complexity index is 1740. The Labute approximate surface area is 253 Å². The highest BCUT2D eigenvalue weighted by Gasteiger charge is 2.34. The first-order valence-electron chi connectivity index (χ1n) is 13.1. The maximum atomic E-state index is 13.9. The summed E-state index contributed by atoms with van der Waals surface area (Å²) < 4.78 is 112. The van der Waals surface area contributed by atoms with Crippen molar-refractivity contribution < 1.29 is 49.0 Å². The molecule has 0 atom stereocenters. The van der Waals surface area contributed by atoms with Gasteiger partial charge in [0.1, 0.15) is 12.3 Å². The van der Waals surface area contributed by atoms with Gasteiger partial charge in [-0.15, -0.1) is 0 Å². The van der Waals surface area contributed by atoms with E-state index in [-0.39, 0.29) is 27.8 Å². The number of rotatable bonds is 11. The molecule has 1 amide bonds. The van der Waals surface area contributed by atoms with Crippen molar-refractivity contribution in [3.8, 4) is 17.2 Å². The zero-order valence-corrected chi connectivity index (χ0v) is 25.6. The molecule has 3 aromatic rings. The van der Waals surface area contributed by atoms with Crippen LogP contribution >= 0.6 is 0 Å². The molecule has 1 aliphatic heterocycles. The average Bonchev–Trinajstić information content (AvgIpc) is 3.55. The van der Waals surface area contributed by atoms with Crippen molar-refractivity contribution >= 4 is 37.3 Å². The molecule has 1 fully saturated rings. The summed E-state index contributed by atoms with van der Waals surface area (Å²) >= 11 is 0. The van der Waals surface area contributed by atoms with Crippen molar-refractivity contribution in [1.82, 2.24) is 4.31 Å². The minimum Gasteiger partial charge on any atom is -0.495 e. The van der Waals surface area contributed by atoms with Gasteiger partial charge in [0, 0.05) is 19.2 Å². The lowest BCUT2D eigenvalue weighted by molar-refractivity contribution is -0.137. The molecule has 1 aliphatic rings. The van der Waals surface area contributed by atoms with Crippen LogP contribution in [0, 0.1) is 0 Å². The van der Waals surface area contributed by atoms with E-state index in [0.717, 1.165) is 30.3 Å². The van der Waals surface area contributed by atoms with Gasteiger partial charge in [-0.05, 0) is 61.4 Å². The van der Waals surface area contributed by atoms with Crippen LogP contribution in [0.25, 0.3) is 0 Å². The lowest BCUT2D eigenvalue weighted by atomic mass is 10.2. The van der Waals surface area contributed by atoms with Crippen molar-refractivity contribution in [3.63, 3.8) is 0 Å². The van der Waals surface area contributed by atoms with Gasteiger partial charge < -0.3 is 19.5 Å². The number of amides is 1. The molecule has 1 N–H and O–H groups in total. The second kappa shape index (κ2) is 12.9. The number of nitrogens with zero attached hydrogens (tertiary/aromatic N) is 2. The van der Waals surface area contributed by atoms with Crippen LogP contribution in [0.5, 0.6) is 17.2 Å². The number of halogens is 3. The largest absolute Gasteiger partial charge is 0.495 e. The summed E-state index contributed by atoms with van der Waals surface area (Å²) in [6.45, 7) is -0.295. The van der Waals surface area contributed by atoms with E-state index in [1.54, 1.807) is 0 Å². The number of alkyl halides is 3. The molecule has 238 valence electrons. The molecule has 0 saturated carbocycles. The van der Waals surface area contributed by atoms with Gasteiger partial charge in [0.05, 0.1) is 48.1 Å². The Kier molecular flexibility index (Phi) is 9.65. The molecule has 0 unspecified atom stereocenters. The van der Waals surface area contributed by atoms with E-state index in [9.17, 15) is 34.8 Å². The molecule has 1 saturated heterocycles. The van der Waals surface area contributed by atoms with Gasteiger partial charge in [0.2, 0.25) is 15.9 Å². The second-order valence-corrected chi connectivity index (χ2v) is 13.4. The smallest absolute Gasteiger partial charge is 0.416 e. The Morgan fingerprint density at radius 1 is 0.841 bits per heavy atom. The number of hydrogen-bond acceptors (Lipinski definition) is 8. The van der Waals surface area contributed by atoms with Gasteiger partial charge in [-0.2, -0.15) is 17.5 Å². The van der Waals surface area contributed by atoms with Crippen LogP contribution in [0.3, 0.4) is 0 Å². The molecule has 44 heavy (non-hydrogen) atoms. The predicted molar refractivity (Wildman–Crippen MR) is 155 cm³/mol. The maximum absolute atomic E-state index is 13.9. The quantitative estimate of drug-likeness (QED) is 0.322. The van der Waals surface area contributed by atoms with Crippen LogP contribution in [-0.2, 0) is 31.0 Å². The van der Waals surface area contributed by atoms with Gasteiger partial charge in [-0.25, -0.2) is 16.8 Å². The standard InChI is InChI=1S/C28H30F3N3O8S2/c1-40-24-11-9-21(43(36,37)33-13-4-5-14-33)16-23(24)32-27(35)18-34(20-8-6-7-19(15-20)28(29,30)31)44(38,39)22-10-12-25(41-2)26(17-22)42-3/h6-12,15-17H,4-5,13-14,18H2,1-3H3,(H,32,35). The average molecular weight is 658 g/mol. The van der Waals surface area contributed by atoms with Crippen molar-refractivity contribution in [3.05, 3.63) is 66.2 Å². The Hall–Kier alpha value is -4.02. The first-order valence-corrected chi connectivity index (χ1v) is 16.0. The monoisotopic (exact) mass is 657 g/mol. The molecule has 4 rings (SSSR count). The molecule has 0 spiro atoms. The van der Waals surface area contributed by atoms with Crippen molar-refractivity contribution in [1.29, 1.82) is 0 Å². The predicted octanol–water partition coefficient (Wildman–Crippen LogP) is 4.35. The third kappa shape index (κ3) is 6.87. The number of sulfonamides is 2. The van der Waals surface area contributed by atoms with Crippen LogP contribution in [0.15, 0.2) is 70.5 Å². The van der Waals surface area contributed by atoms with Gasteiger partial charge in [0.25, 0.3) is 10.0 Å². The van der Waals surface area contributed by atoms with E-state index >= 15 is 0 Å². The van der Waals surface area contributed by atoms with Gasteiger partial charge in [-0.3, -0.25) is 9.10 Å². The minimum absolute atomic E-state index is 0.0304. The highest BCUT2D eigenvalue weighted by molar-refractivity contribution is 7.92. The molecule has 0 aliphatic carbocycles. The highest BCUT2D eigenvalue weighted by Crippen LogP contribution is 2.36. The summed E-state index contributed by atoms with van der Waals surface area (Å²) in [4.78, 5) is 12.9. The fraction of sp³-hybridized carbons (Fsp3) is 0.321. The third-order valence-electron chi connectivity index (χ3n) is 6.84. The third-order valence-corrected chi connectivity index (χ3v) is 10.5. The number of benzene rings is 3. The van der Waals surface area contributed by atoms with E-state index in [2.05, 4.69) is 5.32 Å². The number of hydrogen-bond donors (Lipinski definition) is 1. The van der Waals surface area contributed by atoms with Crippen LogP contribution in [-0.4, -0.2) is 68.0 Å². The number of carbonyl (C=O) groups excluding carboxylic acids is 1. The Balaban J connectivity index is 1.74. The van der Waals surface area contributed by atoms with Crippen LogP contribution in [0.2, 0.25) is 0 Å². The van der Waals surface area contributed by atoms with E-state index < -0.39 is 54.8 Å². The summed E-state index contributed by atoms with van der Waals surface area (Å²) in [7, 11) is -4.67. The highest BCUT2D eigenvalue weighted by atomic mass is 32.2. The summed E-state index contributed by atoms with van der Waals surface area (Å²) in [5.41, 5.74) is -1.66. The normalized spacial score (nSPS) is 14.2. The van der Waals surface area contributed by atoms with E-state index in [1.165, 1.54) is 49.9 Å². The van der Waals surface area contributed by atoms with Crippen molar-refractivity contribution in [2.24, 2.45) is 0 Å². The number of carbonyl (C=O) groups is 1. The van der Waals surface area contributed by atoms with E-state index in [4.69, 9.17) is 14.2 Å². The van der Waals surface area contributed by atoms with Gasteiger partial charge in [-0.1, -0.05) is 6.07 Å². The van der Waals surface area contributed by atoms with Gasteiger partial charge >= 0.3 is 6.18 Å². The van der Waals surface area contributed by atoms with Crippen molar-refractivity contribution in [2.75, 3.05) is 50.6 Å². The molecular weight excluding hydrogens is 627 g/mol. The maximum Gasteiger partial charge on any atom is 0.416 e. The lowest BCUT2D eigenvalue weighted by Gasteiger charge is -2.25. The fourth-order valence-corrected chi connectivity index (χ4v) is 7.57. The van der Waals surface area contributed by atoms with E-state index in [1.807, 2.05) is 0 Å². The summed E-state index contributed by atoms with van der Waals surface area (Å²) in [6.07, 6.45) is -3.39. The zero-order chi connectivity index (χ0) is 32.3. The molecule has 0 radical (unpaired) electrons. The molecule has 3 aromatic carbocycles. The topological polar surface area (TPSA) is 132 Å². The Morgan fingerprint density at radius 3 is 2.07 bits per heavy atom. The summed E-state index contributed by atoms with van der Waals surface area (Å²) in [5.74, 6) is -0.680. The first kappa shape index (κ1) is 32.9. The fourth-order valence-electron chi connectivity index (χ4n) is 4.60. The number of nitrogens with one attached hydrogen (secondary N) is 1. The summed E-state index contributed by atoms with van der Waals surface area (Å²) in [6, 6.07) is 10.9. The van der Waals surface area contributed by atoms with Crippen LogP contribution in [0.1, 0.15) is 18.4 Å². The van der Waals surface area contributed by atoms with Crippen molar-refractivity contribution in [2.45, 2.75) is 28.8 Å². The molecule has 0 bridgehead atoms.